The van der Waals surface area contributed by atoms with Crippen molar-refractivity contribution in [2.75, 3.05) is 0 Å². The summed E-state index contributed by atoms with van der Waals surface area (Å²) in [5.74, 6) is -0.120. The maximum absolute atomic E-state index is 12.4. The molecule has 0 fully saturated rings. The van der Waals surface area contributed by atoms with Crippen LogP contribution < -0.4 is 16.6 Å². The predicted molar refractivity (Wildman–Crippen MR) is 101 cm³/mol. The number of benzene rings is 2. The van der Waals surface area contributed by atoms with Crippen LogP contribution in [0.25, 0.3) is 10.9 Å². The molecular formula is C19H18ClN3O3. The molecule has 0 aliphatic heterocycles. The van der Waals surface area contributed by atoms with E-state index in [0.717, 1.165) is 10.1 Å². The third kappa shape index (κ3) is 4.21. The van der Waals surface area contributed by atoms with E-state index in [9.17, 15) is 14.4 Å². The van der Waals surface area contributed by atoms with Gasteiger partial charge in [-0.1, -0.05) is 41.9 Å². The predicted octanol–water partition coefficient (Wildman–Crippen LogP) is 2.44. The zero-order valence-corrected chi connectivity index (χ0v) is 14.8. The maximum Gasteiger partial charge on any atom is 0.328 e. The number of aromatic nitrogens is 2. The van der Waals surface area contributed by atoms with Crippen molar-refractivity contribution in [1.82, 2.24) is 14.9 Å². The maximum atomic E-state index is 12.4. The van der Waals surface area contributed by atoms with E-state index in [-0.39, 0.29) is 24.4 Å². The Morgan fingerprint density at radius 3 is 2.65 bits per heavy atom. The standard InChI is InChI=1S/C19H18ClN3O3/c20-14-8-9-15-16(11-14)22-19(26)23(18(15)25)10-4-7-17(24)21-12-13-5-2-1-3-6-13/h1-3,5-6,8-9,11H,4,7,10,12H2,(H,21,24)(H,22,26). The number of carbonyl (C=O) groups excluding carboxylic acids is 1. The second-order valence-corrected chi connectivity index (χ2v) is 6.38. The van der Waals surface area contributed by atoms with Crippen LogP contribution in [0.15, 0.2) is 58.1 Å². The Labute approximate surface area is 154 Å². The second-order valence-electron chi connectivity index (χ2n) is 5.94. The molecule has 0 saturated heterocycles. The Hall–Kier alpha value is -2.86. The summed E-state index contributed by atoms with van der Waals surface area (Å²) in [5, 5.41) is 3.66. The monoisotopic (exact) mass is 371 g/mol. The lowest BCUT2D eigenvalue weighted by molar-refractivity contribution is -0.121. The van der Waals surface area contributed by atoms with Crippen molar-refractivity contribution in [2.24, 2.45) is 0 Å². The van der Waals surface area contributed by atoms with Crippen LogP contribution in [0.1, 0.15) is 18.4 Å². The molecule has 0 bridgehead atoms. The molecule has 0 aliphatic carbocycles. The van der Waals surface area contributed by atoms with Crippen molar-refractivity contribution in [3.8, 4) is 0 Å². The van der Waals surface area contributed by atoms with Crippen molar-refractivity contribution in [3.05, 3.63) is 80.0 Å². The number of fused-ring (bicyclic) bond motifs is 1. The van der Waals surface area contributed by atoms with E-state index < -0.39 is 5.69 Å². The number of H-pyrrole nitrogens is 1. The molecule has 1 heterocycles. The number of rotatable bonds is 6. The van der Waals surface area contributed by atoms with Gasteiger partial charge in [-0.05, 0) is 30.2 Å². The topological polar surface area (TPSA) is 84.0 Å². The highest BCUT2D eigenvalue weighted by atomic mass is 35.5. The molecular weight excluding hydrogens is 354 g/mol. The number of amides is 1. The van der Waals surface area contributed by atoms with Gasteiger partial charge in [-0.15, -0.1) is 0 Å². The van der Waals surface area contributed by atoms with Crippen molar-refractivity contribution in [1.29, 1.82) is 0 Å². The van der Waals surface area contributed by atoms with Gasteiger partial charge in [0, 0.05) is 24.5 Å². The number of halogens is 1. The quantitative estimate of drug-likeness (QED) is 0.698. The highest BCUT2D eigenvalue weighted by molar-refractivity contribution is 6.31. The Balaban J connectivity index is 1.61. The molecule has 0 spiro atoms. The first kappa shape index (κ1) is 17.9. The van der Waals surface area contributed by atoms with Gasteiger partial charge in [0.2, 0.25) is 5.91 Å². The summed E-state index contributed by atoms with van der Waals surface area (Å²) in [5.41, 5.74) is 0.533. The minimum absolute atomic E-state index is 0.120. The van der Waals surface area contributed by atoms with Crippen LogP contribution >= 0.6 is 11.6 Å². The number of nitrogens with one attached hydrogen (secondary N) is 2. The van der Waals surface area contributed by atoms with Gasteiger partial charge in [0.05, 0.1) is 10.9 Å². The van der Waals surface area contributed by atoms with Crippen molar-refractivity contribution in [3.63, 3.8) is 0 Å². The van der Waals surface area contributed by atoms with E-state index in [2.05, 4.69) is 10.3 Å². The molecule has 0 radical (unpaired) electrons. The molecule has 2 aromatic carbocycles. The number of nitrogens with zero attached hydrogens (tertiary/aromatic N) is 1. The number of carbonyl (C=O) groups is 1. The molecule has 6 nitrogen and oxygen atoms in total. The Kier molecular flexibility index (Phi) is 5.53. The fourth-order valence-electron chi connectivity index (χ4n) is 2.71. The molecule has 1 aromatic heterocycles. The molecule has 134 valence electrons. The smallest absolute Gasteiger partial charge is 0.328 e. The third-order valence-corrected chi connectivity index (χ3v) is 4.30. The molecule has 3 aromatic rings. The van der Waals surface area contributed by atoms with Crippen LogP contribution in [0.5, 0.6) is 0 Å². The first-order valence-electron chi connectivity index (χ1n) is 8.27. The minimum Gasteiger partial charge on any atom is -0.352 e. The number of hydrogen-bond donors (Lipinski definition) is 2. The van der Waals surface area contributed by atoms with Crippen molar-refractivity contribution in [2.45, 2.75) is 25.9 Å². The summed E-state index contributed by atoms with van der Waals surface area (Å²) < 4.78 is 1.11. The summed E-state index contributed by atoms with van der Waals surface area (Å²) in [7, 11) is 0. The zero-order valence-electron chi connectivity index (χ0n) is 14.0. The summed E-state index contributed by atoms with van der Waals surface area (Å²) >= 11 is 5.88. The van der Waals surface area contributed by atoms with Gasteiger partial charge < -0.3 is 10.3 Å². The molecule has 26 heavy (non-hydrogen) atoms. The molecule has 0 unspecified atom stereocenters. The number of aromatic amines is 1. The molecule has 0 saturated carbocycles. The van der Waals surface area contributed by atoms with Gasteiger partial charge in [-0.25, -0.2) is 4.79 Å². The molecule has 2 N–H and O–H groups in total. The molecule has 1 amide bonds. The van der Waals surface area contributed by atoms with Gasteiger partial charge >= 0.3 is 5.69 Å². The first-order valence-corrected chi connectivity index (χ1v) is 8.65. The summed E-state index contributed by atoms with van der Waals surface area (Å²) in [6.07, 6.45) is 0.625. The lowest BCUT2D eigenvalue weighted by Gasteiger charge is -2.08. The van der Waals surface area contributed by atoms with Crippen LogP contribution in [-0.4, -0.2) is 15.5 Å². The Morgan fingerprint density at radius 2 is 1.88 bits per heavy atom. The fourth-order valence-corrected chi connectivity index (χ4v) is 2.88. The van der Waals surface area contributed by atoms with Gasteiger partial charge in [-0.3, -0.25) is 14.2 Å². The zero-order chi connectivity index (χ0) is 18.5. The molecule has 3 rings (SSSR count). The normalized spacial score (nSPS) is 10.8. The largest absolute Gasteiger partial charge is 0.352 e. The molecule has 0 aliphatic rings. The summed E-state index contributed by atoms with van der Waals surface area (Å²) in [4.78, 5) is 39.1. The third-order valence-electron chi connectivity index (χ3n) is 4.06. The Bertz CT molecular complexity index is 1040. The Morgan fingerprint density at radius 1 is 1.12 bits per heavy atom. The van der Waals surface area contributed by atoms with Crippen molar-refractivity contribution < 1.29 is 4.79 Å². The lowest BCUT2D eigenvalue weighted by Crippen LogP contribution is -2.35. The SMILES string of the molecule is O=C(CCCn1c(=O)[nH]c2cc(Cl)ccc2c1=O)NCc1ccccc1. The van der Waals surface area contributed by atoms with Gasteiger partial charge in [0.25, 0.3) is 5.56 Å². The van der Waals surface area contributed by atoms with Gasteiger partial charge in [-0.2, -0.15) is 0 Å². The van der Waals surface area contributed by atoms with E-state index in [0.29, 0.717) is 28.9 Å². The van der Waals surface area contributed by atoms with Crippen LogP contribution in [0, 0.1) is 0 Å². The van der Waals surface area contributed by atoms with Crippen LogP contribution in [0.2, 0.25) is 5.02 Å². The van der Waals surface area contributed by atoms with Crippen LogP contribution in [-0.2, 0) is 17.9 Å². The van der Waals surface area contributed by atoms with Gasteiger partial charge in [0.1, 0.15) is 0 Å². The summed E-state index contributed by atoms with van der Waals surface area (Å²) in [6, 6.07) is 14.3. The number of hydrogen-bond acceptors (Lipinski definition) is 3. The molecule has 7 heteroatoms. The van der Waals surface area contributed by atoms with E-state index >= 15 is 0 Å². The highest BCUT2D eigenvalue weighted by Gasteiger charge is 2.09. The van der Waals surface area contributed by atoms with E-state index in [4.69, 9.17) is 11.6 Å². The summed E-state index contributed by atoms with van der Waals surface area (Å²) in [6.45, 7) is 0.627. The second kappa shape index (κ2) is 8.01. The minimum atomic E-state index is -0.505. The first-order chi connectivity index (χ1) is 12.5. The van der Waals surface area contributed by atoms with E-state index in [1.807, 2.05) is 30.3 Å². The fraction of sp³-hybridized carbons (Fsp3) is 0.211. The molecule has 0 atom stereocenters. The van der Waals surface area contributed by atoms with E-state index in [1.54, 1.807) is 18.2 Å². The average Bonchev–Trinajstić information content (AvgIpc) is 2.63. The highest BCUT2D eigenvalue weighted by Crippen LogP contribution is 2.13. The van der Waals surface area contributed by atoms with Crippen LogP contribution in [0.4, 0.5) is 0 Å². The van der Waals surface area contributed by atoms with Crippen molar-refractivity contribution >= 4 is 28.4 Å². The van der Waals surface area contributed by atoms with Crippen LogP contribution in [0.3, 0.4) is 0 Å². The van der Waals surface area contributed by atoms with Gasteiger partial charge in [0.15, 0.2) is 0 Å². The lowest BCUT2D eigenvalue weighted by atomic mass is 10.2. The average molecular weight is 372 g/mol. The van der Waals surface area contributed by atoms with E-state index in [1.165, 1.54) is 0 Å².